The van der Waals surface area contributed by atoms with Crippen molar-refractivity contribution in [1.82, 2.24) is 99.8 Å². The Balaban J connectivity index is 1.03. The van der Waals surface area contributed by atoms with Crippen molar-refractivity contribution in [3.05, 3.63) is 102 Å². The molecule has 3 aromatic carbocycles. The maximum absolute atomic E-state index is 14.9. The molecule has 0 bridgehead atoms. The summed E-state index contributed by atoms with van der Waals surface area (Å²) in [6.45, 7) is -0.964. The molecule has 29 N–H and O–H groups in total. The molecule has 3 fully saturated rings. The lowest BCUT2D eigenvalue weighted by molar-refractivity contribution is -0.144. The van der Waals surface area contributed by atoms with E-state index in [9.17, 15) is 151 Å². The first-order valence-corrected chi connectivity index (χ1v) is 47.1. The summed E-state index contributed by atoms with van der Waals surface area (Å²) in [7, 11) is 0. The van der Waals surface area contributed by atoms with Crippen molar-refractivity contribution in [2.75, 3.05) is 58.9 Å². The Labute approximate surface area is 835 Å². The molecule has 54 heteroatoms. The molecule has 3 aliphatic heterocycles. The van der Waals surface area contributed by atoms with Crippen molar-refractivity contribution in [3.8, 4) is 5.75 Å². The molecule has 0 aromatic heterocycles. The number of aromatic hydroxyl groups is 1. The number of nitrogens with zero attached hydrogens (tertiary/aromatic N) is 3. The van der Waals surface area contributed by atoms with Crippen LogP contribution in [0.1, 0.15) is 153 Å². The molecule has 6 rings (SSSR count). The first kappa shape index (κ1) is 118. The number of hydrogen-bond donors (Lipinski definition) is 26. The van der Waals surface area contributed by atoms with E-state index in [1.54, 1.807) is 25.1 Å². The number of carbonyl (C=O) groups is 25. The normalized spacial score (nSPS) is 16.5. The molecule has 796 valence electrons. The number of phenols is 1. The van der Waals surface area contributed by atoms with Crippen LogP contribution in [0, 0.1) is 11.3 Å². The highest BCUT2D eigenvalue weighted by atomic mass is 16.4. The summed E-state index contributed by atoms with van der Waals surface area (Å²) in [5, 5.41) is 103. The number of hydrogen-bond acceptors (Lipinski definition) is 28. The molecule has 15 atom stereocenters. The zero-order valence-corrected chi connectivity index (χ0v) is 80.2. The number of carboxylic acid groups (broad SMARTS) is 5. The highest BCUT2D eigenvalue weighted by Gasteiger charge is 2.45. The number of nitrogens with two attached hydrogens (primary N) is 3. The summed E-state index contributed by atoms with van der Waals surface area (Å²) < 4.78 is 0. The zero-order valence-electron chi connectivity index (χ0n) is 80.2. The third-order valence-electron chi connectivity index (χ3n) is 23.7. The summed E-state index contributed by atoms with van der Waals surface area (Å²) in [5.41, 5.74) is 18.7. The quantitative estimate of drug-likeness (QED) is 0.0108. The number of carboxylic acids is 5. The third kappa shape index (κ3) is 40.9. The zero-order chi connectivity index (χ0) is 108. The molecule has 0 radical (unpaired) electrons. The van der Waals surface area contributed by atoms with E-state index in [-0.39, 0.29) is 101 Å². The van der Waals surface area contributed by atoms with Crippen LogP contribution in [0.3, 0.4) is 0 Å². The van der Waals surface area contributed by atoms with E-state index in [1.807, 2.05) is 18.2 Å². The number of phenolic OH excluding ortho intramolecular Hbond substituents is 1. The number of primary amides is 1. The summed E-state index contributed by atoms with van der Waals surface area (Å²) >= 11 is 0. The van der Waals surface area contributed by atoms with E-state index in [0.29, 0.717) is 24.7 Å². The Kier molecular flexibility index (Phi) is 48.8. The molecular weight excluding hydrogens is 1920 g/mol. The Morgan fingerprint density at radius 3 is 1.21 bits per heavy atom. The second-order valence-electron chi connectivity index (χ2n) is 34.9. The van der Waals surface area contributed by atoms with Gasteiger partial charge in [-0.05, 0) is 125 Å². The van der Waals surface area contributed by atoms with E-state index in [0.717, 1.165) is 10.5 Å². The Morgan fingerprint density at radius 1 is 0.384 bits per heavy atom. The van der Waals surface area contributed by atoms with E-state index < -0.39 is 336 Å². The van der Waals surface area contributed by atoms with Gasteiger partial charge in [0.2, 0.25) is 112 Å². The molecule has 3 aliphatic rings. The van der Waals surface area contributed by atoms with Crippen molar-refractivity contribution >= 4 is 154 Å². The summed E-state index contributed by atoms with van der Waals surface area (Å²) in [6, 6.07) is 0.148. The highest BCUT2D eigenvalue weighted by molar-refractivity contribution is 6.02. The van der Waals surface area contributed by atoms with Crippen LogP contribution in [-0.2, 0) is 139 Å². The number of rotatable bonds is 62. The SMILES string of the molecule is CC[C@H](C)[C@H](NC(=O)[C@H](CCC(=O)O)NC(=O)[C@H](CCC(=O)O)NC(=O)[C@H](Cc1ccccc1)NC(=O)[C@H](CC(=O)O)NC(=O)CNC(=O)[C@H](CC(N)=O)NC(=O)CNC(=O)CNC(=O)CNC(=O)CNC(=O)[C@@H]1CCCN1C(=O)[C@H](CCCNC(=N)N)NC(=O)[C@@H]1CCCN1C(=O)[C@H](N)Cc1ccccc1)C(=O)N1CCC[C@H]1C(=O)N[C@@H](CCC(=O)O)C(=O)N[C@@H](CCC(=O)O)C(=O)N[C@H](C=O)Cc1ccc(O)cc1. The van der Waals surface area contributed by atoms with Gasteiger partial charge in [-0.2, -0.15) is 0 Å². The molecule has 54 nitrogen and oxygen atoms in total. The first-order chi connectivity index (χ1) is 69.2. The van der Waals surface area contributed by atoms with Crippen LogP contribution in [0.5, 0.6) is 5.75 Å². The molecule has 0 unspecified atom stereocenters. The first-order valence-electron chi connectivity index (χ1n) is 47.1. The average molecular weight is 2050 g/mol. The van der Waals surface area contributed by atoms with E-state index >= 15 is 0 Å². The lowest BCUT2D eigenvalue weighted by Crippen LogP contribution is -2.61. The van der Waals surface area contributed by atoms with Crippen molar-refractivity contribution in [3.63, 3.8) is 0 Å². The summed E-state index contributed by atoms with van der Waals surface area (Å²) in [4.78, 5) is 337. The van der Waals surface area contributed by atoms with Gasteiger partial charge in [-0.15, -0.1) is 0 Å². The maximum Gasteiger partial charge on any atom is 0.305 e. The second-order valence-corrected chi connectivity index (χ2v) is 34.9. The molecule has 19 amide bonds. The maximum atomic E-state index is 14.9. The van der Waals surface area contributed by atoms with Crippen LogP contribution >= 0.6 is 0 Å². The van der Waals surface area contributed by atoms with E-state index in [2.05, 4.69) is 85.1 Å². The van der Waals surface area contributed by atoms with Crippen LogP contribution < -0.4 is 102 Å². The van der Waals surface area contributed by atoms with Crippen molar-refractivity contribution < 1.29 is 151 Å². The van der Waals surface area contributed by atoms with Gasteiger partial charge in [0.1, 0.15) is 84.5 Å². The number of benzene rings is 3. The van der Waals surface area contributed by atoms with Gasteiger partial charge in [-0.3, -0.25) is 120 Å². The number of nitrogens with one attached hydrogen (secondary N) is 17. The summed E-state index contributed by atoms with van der Waals surface area (Å²) in [6.07, 6.45) is -6.61. The van der Waals surface area contributed by atoms with Gasteiger partial charge in [0.15, 0.2) is 5.96 Å². The number of aliphatic carboxylic acids is 5. The number of carbonyl (C=O) groups excluding carboxylic acids is 20. The molecule has 0 saturated carbocycles. The predicted molar refractivity (Wildman–Crippen MR) is 507 cm³/mol. The number of aldehydes is 1. The fourth-order valence-corrected chi connectivity index (χ4v) is 15.9. The van der Waals surface area contributed by atoms with Crippen LogP contribution in [0.25, 0.3) is 0 Å². The minimum Gasteiger partial charge on any atom is -0.508 e. The standard InChI is InChI=1S/C92H127N23O31/c1-3-49(2)78(91(146)115-37-13-21-66(115)87(142)109-58(28-32-75(128)129)82(137)106-56(26-30-73(124)125)80(135)103-53(48-116)38-52-22-24-54(117)25-23-52)112-83(138)59(29-33-76(130)131)107-81(136)57(27-31-74(126)127)108-84(139)61(40-51-16-8-5-9-17-51)111-85(140)63(42-77(132)133)105-72(123)47-101-79(134)62(41-67(94)118)104-71(122)46-100-69(120)44-98-68(119)43-99-70(121)45-102-86(141)64-19-11-36-114(64)90(145)60(18-10-34-97-92(95)96)110-88(143)65-20-12-35-113(65)89(144)55(93)39-50-14-6-4-7-15-50/h4-9,14-17,22-25,48-49,53,55-66,78,117H,3,10-13,18-21,26-47,93H2,1-2H3,(H2,94,118)(H,98,119)(H,99,121)(H,100,120)(H,101,134)(H,102,141)(H,103,135)(H,104,122)(H,105,123)(H,106,137)(H,107,136)(H,108,139)(H,109,142)(H,110,143)(H,111,140)(H,112,138)(H,124,125)(H,126,127)(H,128,129)(H,130,131)(H,132,133)(H4,95,96,97)/t49-,53-,55+,56-,57-,58-,59-,60-,61-,62-,63-,64-,65-,66-,78-/m0/s1. The van der Waals surface area contributed by atoms with Crippen LogP contribution in [0.4, 0.5) is 0 Å². The molecule has 3 saturated heterocycles. The molecule has 0 spiro atoms. The Hall–Kier alpha value is -16.4. The number of likely N-dealkylation sites (tertiary alicyclic amines) is 3. The van der Waals surface area contributed by atoms with Crippen molar-refractivity contribution in [1.29, 1.82) is 5.41 Å². The molecule has 146 heavy (non-hydrogen) atoms. The second kappa shape index (κ2) is 60.2. The van der Waals surface area contributed by atoms with Crippen LogP contribution in [-0.4, -0.2) is 343 Å². The predicted octanol–water partition coefficient (Wildman–Crippen LogP) is -8.53. The minimum absolute atomic E-state index is 0.0239. The molecule has 3 heterocycles. The number of guanidine groups is 1. The molecule has 3 aromatic rings. The van der Waals surface area contributed by atoms with Crippen molar-refractivity contribution in [2.45, 2.75) is 240 Å². The van der Waals surface area contributed by atoms with Gasteiger partial charge < -0.3 is 152 Å². The van der Waals surface area contributed by atoms with E-state index in [4.69, 9.17) is 22.6 Å². The van der Waals surface area contributed by atoms with Gasteiger partial charge in [-0.25, -0.2) is 0 Å². The fourth-order valence-electron chi connectivity index (χ4n) is 15.9. The Morgan fingerprint density at radius 2 is 0.760 bits per heavy atom. The van der Waals surface area contributed by atoms with Crippen LogP contribution in [0.15, 0.2) is 84.9 Å². The van der Waals surface area contributed by atoms with Crippen molar-refractivity contribution in [2.24, 2.45) is 23.1 Å². The summed E-state index contributed by atoms with van der Waals surface area (Å²) in [5.74, 6) is -28.8. The monoisotopic (exact) mass is 2050 g/mol. The van der Waals surface area contributed by atoms with Gasteiger partial charge in [0.05, 0.1) is 57.6 Å². The molecule has 0 aliphatic carbocycles. The largest absolute Gasteiger partial charge is 0.508 e. The lowest BCUT2D eigenvalue weighted by atomic mass is 9.96. The topological polar surface area (TPSA) is 852 Å². The lowest BCUT2D eigenvalue weighted by Gasteiger charge is -2.33. The smallest absolute Gasteiger partial charge is 0.305 e. The average Bonchev–Trinajstić information content (AvgIpc) is 1.66. The highest BCUT2D eigenvalue weighted by Crippen LogP contribution is 2.26. The molecular formula is C92H127N23O31. The van der Waals surface area contributed by atoms with E-state index in [1.165, 1.54) is 65.3 Å². The Bertz CT molecular complexity index is 5190. The van der Waals surface area contributed by atoms with Gasteiger partial charge in [-0.1, -0.05) is 93.1 Å². The minimum atomic E-state index is -2.14. The van der Waals surface area contributed by atoms with Gasteiger partial charge in [0, 0.05) is 58.3 Å². The number of amides is 19. The third-order valence-corrected chi connectivity index (χ3v) is 23.7. The van der Waals surface area contributed by atoms with Crippen LogP contribution in [0.2, 0.25) is 0 Å². The van der Waals surface area contributed by atoms with Gasteiger partial charge in [0.25, 0.3) is 0 Å². The fraction of sp³-hybridized carbons (Fsp3) is 0.522. The van der Waals surface area contributed by atoms with Gasteiger partial charge >= 0.3 is 29.8 Å².